The van der Waals surface area contributed by atoms with E-state index >= 15 is 0 Å². The fraction of sp³-hybridized carbons (Fsp3) is 0.323. The number of terminal acetylenes is 1. The Labute approximate surface area is 256 Å². The largest absolute Gasteiger partial charge is 0.493 e. The molecule has 9 nitrogen and oxygen atoms in total. The Morgan fingerprint density at radius 2 is 1.88 bits per heavy atom. The number of nitrogens with zero attached hydrogens (tertiary/aromatic N) is 2. The van der Waals surface area contributed by atoms with Crippen LogP contribution in [0.25, 0.3) is 6.08 Å². The first-order valence-electron chi connectivity index (χ1n) is 13.1. The summed E-state index contributed by atoms with van der Waals surface area (Å²) in [5.41, 5.74) is 1.74. The second kappa shape index (κ2) is 13.3. The van der Waals surface area contributed by atoms with Crippen molar-refractivity contribution >= 4 is 39.3 Å². The highest BCUT2D eigenvalue weighted by Gasteiger charge is 2.34. The average molecular weight is 656 g/mol. The number of carbonyl (C=O) groups is 1. The van der Waals surface area contributed by atoms with E-state index in [4.69, 9.17) is 30.1 Å². The minimum Gasteiger partial charge on any atom is -0.493 e. The summed E-state index contributed by atoms with van der Waals surface area (Å²) < 4.78 is 30.5. The van der Waals surface area contributed by atoms with E-state index in [0.717, 1.165) is 0 Å². The summed E-state index contributed by atoms with van der Waals surface area (Å²) >= 11 is 4.77. The fourth-order valence-electron chi connectivity index (χ4n) is 4.51. The van der Waals surface area contributed by atoms with Gasteiger partial charge in [0.1, 0.15) is 6.61 Å². The summed E-state index contributed by atoms with van der Waals surface area (Å²) in [5.74, 6) is 3.84. The standard InChI is InChI=1S/C31H31BrN2O7S/c1-8-12-40-25-16-21(32)20(14-24(25)38-7)15-26-29(35)34-28(19-10-11-22(41-17(3)4)23(13-19)37-6)27(30(36)39-9-2)18(5)33-31(34)42-26/h1,10-11,13-17,28H,9,12H2,2-7H3/b26-15-/t28-/m1/s1. The lowest BCUT2D eigenvalue weighted by molar-refractivity contribution is -0.139. The number of hydrogen-bond donors (Lipinski definition) is 0. The number of aromatic nitrogens is 1. The van der Waals surface area contributed by atoms with Crippen LogP contribution in [0.15, 0.2) is 55.9 Å². The van der Waals surface area contributed by atoms with Crippen molar-refractivity contribution in [1.82, 2.24) is 4.57 Å². The number of esters is 1. The van der Waals surface area contributed by atoms with Gasteiger partial charge in [0.15, 0.2) is 27.8 Å². The van der Waals surface area contributed by atoms with Gasteiger partial charge in [-0.05, 0) is 69.2 Å². The summed E-state index contributed by atoms with van der Waals surface area (Å²) in [4.78, 5) is 32.4. The number of fused-ring (bicyclic) bond motifs is 1. The van der Waals surface area contributed by atoms with Gasteiger partial charge in [0.25, 0.3) is 5.56 Å². The molecule has 1 atom stereocenters. The van der Waals surface area contributed by atoms with Crippen LogP contribution in [0.5, 0.6) is 23.0 Å². The van der Waals surface area contributed by atoms with Crippen molar-refractivity contribution in [2.24, 2.45) is 4.99 Å². The highest BCUT2D eigenvalue weighted by molar-refractivity contribution is 9.10. The Hall–Kier alpha value is -4.01. The van der Waals surface area contributed by atoms with Crippen LogP contribution in [-0.2, 0) is 9.53 Å². The minimum atomic E-state index is -0.804. The van der Waals surface area contributed by atoms with Crippen molar-refractivity contribution in [3.63, 3.8) is 0 Å². The van der Waals surface area contributed by atoms with Gasteiger partial charge in [0.2, 0.25) is 0 Å². The minimum absolute atomic E-state index is 0.0736. The predicted octanol–water partition coefficient (Wildman–Crippen LogP) is 4.38. The van der Waals surface area contributed by atoms with Crippen LogP contribution in [0.3, 0.4) is 0 Å². The Balaban J connectivity index is 1.93. The molecule has 0 spiro atoms. The topological polar surface area (TPSA) is 97.6 Å². The maximum atomic E-state index is 14.0. The van der Waals surface area contributed by atoms with Crippen LogP contribution >= 0.6 is 27.3 Å². The molecule has 0 unspecified atom stereocenters. The molecule has 3 aromatic rings. The van der Waals surface area contributed by atoms with E-state index in [-0.39, 0.29) is 30.5 Å². The maximum absolute atomic E-state index is 14.0. The quantitative estimate of drug-likeness (QED) is 0.236. The molecule has 11 heteroatoms. The highest BCUT2D eigenvalue weighted by Crippen LogP contribution is 2.37. The lowest BCUT2D eigenvalue weighted by Gasteiger charge is -2.25. The molecular weight excluding hydrogens is 624 g/mol. The average Bonchev–Trinajstić information content (AvgIpc) is 3.26. The number of carbonyl (C=O) groups excluding carboxylic acids is 1. The number of ether oxygens (including phenoxy) is 5. The first-order chi connectivity index (χ1) is 20.1. The second-order valence-electron chi connectivity index (χ2n) is 9.40. The predicted molar refractivity (Wildman–Crippen MR) is 164 cm³/mol. The molecule has 0 fully saturated rings. The van der Waals surface area contributed by atoms with E-state index in [0.29, 0.717) is 53.6 Å². The first-order valence-corrected chi connectivity index (χ1v) is 14.7. The summed E-state index contributed by atoms with van der Waals surface area (Å²) in [6.07, 6.45) is 6.99. The Kier molecular flexibility index (Phi) is 9.81. The molecule has 2 heterocycles. The molecule has 0 saturated carbocycles. The molecule has 1 aliphatic rings. The van der Waals surface area contributed by atoms with E-state index in [2.05, 4.69) is 26.8 Å². The molecule has 4 rings (SSSR count). The molecule has 0 aliphatic carbocycles. The van der Waals surface area contributed by atoms with Gasteiger partial charge in [-0.2, -0.15) is 0 Å². The van der Waals surface area contributed by atoms with E-state index < -0.39 is 12.0 Å². The molecule has 1 aliphatic heterocycles. The normalized spacial score (nSPS) is 14.6. The number of allylic oxidation sites excluding steroid dienone is 1. The van der Waals surface area contributed by atoms with Crippen molar-refractivity contribution in [2.45, 2.75) is 39.8 Å². The number of benzene rings is 2. The van der Waals surface area contributed by atoms with Crippen LogP contribution < -0.4 is 33.8 Å². The summed E-state index contributed by atoms with van der Waals surface area (Å²) in [6, 6.07) is 8.04. The van der Waals surface area contributed by atoms with E-state index in [1.165, 1.54) is 23.0 Å². The molecule has 2 aromatic carbocycles. The third-order valence-electron chi connectivity index (χ3n) is 6.26. The van der Waals surface area contributed by atoms with Gasteiger partial charge in [-0.1, -0.05) is 39.3 Å². The van der Waals surface area contributed by atoms with Crippen LogP contribution in [0.2, 0.25) is 0 Å². The lowest BCUT2D eigenvalue weighted by atomic mass is 9.95. The van der Waals surface area contributed by atoms with Gasteiger partial charge in [-0.15, -0.1) is 6.42 Å². The Morgan fingerprint density at radius 3 is 2.52 bits per heavy atom. The van der Waals surface area contributed by atoms with Crippen LogP contribution in [0, 0.1) is 12.3 Å². The van der Waals surface area contributed by atoms with Gasteiger partial charge >= 0.3 is 5.97 Å². The fourth-order valence-corrected chi connectivity index (χ4v) is 5.98. The van der Waals surface area contributed by atoms with Crippen molar-refractivity contribution < 1.29 is 28.5 Å². The number of rotatable bonds is 10. The zero-order valence-electron chi connectivity index (χ0n) is 24.1. The van der Waals surface area contributed by atoms with E-state index in [9.17, 15) is 9.59 Å². The molecule has 0 bridgehead atoms. The SMILES string of the molecule is C#CCOc1cc(Br)c(/C=c2\sc3n(c2=O)[C@H](c2ccc(OC(C)C)c(OC)c2)C(C(=O)OCC)=C(C)N=3)cc1OC. The van der Waals surface area contributed by atoms with Crippen LogP contribution in [0.1, 0.15) is 44.9 Å². The van der Waals surface area contributed by atoms with Crippen molar-refractivity contribution in [2.75, 3.05) is 27.4 Å². The summed E-state index contributed by atoms with van der Waals surface area (Å²) in [6.45, 7) is 7.56. The van der Waals surface area contributed by atoms with Crippen LogP contribution in [-0.4, -0.2) is 44.1 Å². The molecule has 220 valence electrons. The van der Waals surface area contributed by atoms with Crippen LogP contribution in [0.4, 0.5) is 0 Å². The lowest BCUT2D eigenvalue weighted by Crippen LogP contribution is -2.40. The molecule has 0 saturated heterocycles. The first kappa shape index (κ1) is 30.9. The monoisotopic (exact) mass is 654 g/mol. The van der Waals surface area contributed by atoms with Gasteiger partial charge < -0.3 is 23.7 Å². The van der Waals surface area contributed by atoms with Gasteiger partial charge in [-0.3, -0.25) is 9.36 Å². The third kappa shape index (κ3) is 6.25. The van der Waals surface area contributed by atoms with E-state index in [1.807, 2.05) is 19.9 Å². The van der Waals surface area contributed by atoms with Crippen molar-refractivity contribution in [1.29, 1.82) is 0 Å². The molecule has 0 radical (unpaired) electrons. The summed E-state index contributed by atoms with van der Waals surface area (Å²) in [7, 11) is 3.06. The number of thiazole rings is 1. The molecule has 42 heavy (non-hydrogen) atoms. The van der Waals surface area contributed by atoms with Gasteiger partial charge in [0, 0.05) is 4.47 Å². The molecule has 0 N–H and O–H groups in total. The van der Waals surface area contributed by atoms with Crippen molar-refractivity contribution in [3.8, 4) is 35.3 Å². The zero-order valence-corrected chi connectivity index (χ0v) is 26.6. The number of hydrogen-bond acceptors (Lipinski definition) is 9. The molecular formula is C31H31BrN2O7S. The Morgan fingerprint density at radius 1 is 1.17 bits per heavy atom. The number of methoxy groups -OCH3 is 2. The number of halogens is 1. The highest BCUT2D eigenvalue weighted by atomic mass is 79.9. The Bertz CT molecular complexity index is 1760. The zero-order chi connectivity index (χ0) is 30.6. The summed E-state index contributed by atoms with van der Waals surface area (Å²) in [5, 5.41) is 0. The van der Waals surface area contributed by atoms with Gasteiger partial charge in [-0.25, -0.2) is 9.79 Å². The van der Waals surface area contributed by atoms with E-state index in [1.54, 1.807) is 51.3 Å². The smallest absolute Gasteiger partial charge is 0.338 e. The third-order valence-corrected chi connectivity index (χ3v) is 7.93. The van der Waals surface area contributed by atoms with Crippen molar-refractivity contribution in [3.05, 3.63) is 76.9 Å². The molecule has 1 aromatic heterocycles. The maximum Gasteiger partial charge on any atom is 0.338 e. The van der Waals surface area contributed by atoms with Gasteiger partial charge in [0.05, 0.1) is 48.8 Å². The molecule has 0 amide bonds. The second-order valence-corrected chi connectivity index (χ2v) is 11.3.